The van der Waals surface area contributed by atoms with Crippen molar-refractivity contribution >= 4 is 0 Å². The van der Waals surface area contributed by atoms with Gasteiger partial charge in [0.1, 0.15) is 11.4 Å². The van der Waals surface area contributed by atoms with Crippen LogP contribution < -0.4 is 5.32 Å². The van der Waals surface area contributed by atoms with Gasteiger partial charge in [-0.05, 0) is 32.2 Å². The minimum absolute atomic E-state index is 0.163. The first-order valence-electron chi connectivity index (χ1n) is 8.05. The number of aromatic nitrogens is 2. The van der Waals surface area contributed by atoms with Gasteiger partial charge in [-0.1, -0.05) is 33.1 Å². The molecule has 114 valence electrons. The van der Waals surface area contributed by atoms with Crippen LogP contribution in [0.4, 0.5) is 0 Å². The molecule has 1 heterocycles. The number of hydrogen-bond acceptors (Lipinski definition) is 3. The zero-order valence-electron chi connectivity index (χ0n) is 13.2. The van der Waals surface area contributed by atoms with Gasteiger partial charge in [0.15, 0.2) is 0 Å². The molecule has 1 aliphatic rings. The summed E-state index contributed by atoms with van der Waals surface area (Å²) in [5.74, 6) is 1.70. The third-order valence-electron chi connectivity index (χ3n) is 4.01. The zero-order chi connectivity index (χ0) is 14.4. The summed E-state index contributed by atoms with van der Waals surface area (Å²) in [4.78, 5) is 8.09. The summed E-state index contributed by atoms with van der Waals surface area (Å²) < 4.78 is 6.10. The second kappa shape index (κ2) is 7.23. The van der Waals surface area contributed by atoms with E-state index < -0.39 is 0 Å². The van der Waals surface area contributed by atoms with E-state index in [4.69, 9.17) is 4.74 Å². The lowest BCUT2D eigenvalue weighted by Gasteiger charge is -2.35. The van der Waals surface area contributed by atoms with Crippen molar-refractivity contribution in [1.82, 2.24) is 15.3 Å². The van der Waals surface area contributed by atoms with Crippen molar-refractivity contribution in [3.8, 4) is 0 Å². The largest absolute Gasteiger partial charge is 0.367 e. The Morgan fingerprint density at radius 3 is 2.75 bits per heavy atom. The lowest BCUT2D eigenvalue weighted by Crippen LogP contribution is -2.33. The molecule has 4 heteroatoms. The second-order valence-corrected chi connectivity index (χ2v) is 6.27. The Bertz CT molecular complexity index is 389. The first-order valence-corrected chi connectivity index (χ1v) is 8.05. The standard InChI is InChI=1S/C16H29N3O/c1-4-20-16(8-6-5-7-9-16)15-18-12-14(19-15)11-17-10-13(2)3/h12-13,17H,4-11H2,1-3H3,(H,18,19). The number of rotatable bonds is 7. The summed E-state index contributed by atoms with van der Waals surface area (Å²) in [5.41, 5.74) is 0.994. The second-order valence-electron chi connectivity index (χ2n) is 6.27. The average Bonchev–Trinajstić information content (AvgIpc) is 2.89. The van der Waals surface area contributed by atoms with Gasteiger partial charge in [0.25, 0.3) is 0 Å². The molecule has 0 unspecified atom stereocenters. The van der Waals surface area contributed by atoms with Crippen molar-refractivity contribution in [1.29, 1.82) is 0 Å². The number of hydrogen-bond donors (Lipinski definition) is 2. The van der Waals surface area contributed by atoms with E-state index in [2.05, 4.69) is 36.1 Å². The van der Waals surface area contributed by atoms with Crippen LogP contribution in [-0.4, -0.2) is 23.1 Å². The molecular weight excluding hydrogens is 250 g/mol. The highest BCUT2D eigenvalue weighted by Crippen LogP contribution is 2.38. The molecule has 20 heavy (non-hydrogen) atoms. The highest BCUT2D eigenvalue weighted by molar-refractivity contribution is 5.10. The third-order valence-corrected chi connectivity index (χ3v) is 4.01. The van der Waals surface area contributed by atoms with Crippen molar-refractivity contribution < 1.29 is 4.74 Å². The minimum Gasteiger partial charge on any atom is -0.367 e. The summed E-state index contributed by atoms with van der Waals surface area (Å²) in [6.45, 7) is 9.15. The summed E-state index contributed by atoms with van der Waals surface area (Å²) in [5, 5.41) is 3.45. The fraction of sp³-hybridized carbons (Fsp3) is 0.812. The first kappa shape index (κ1) is 15.5. The number of nitrogens with zero attached hydrogens (tertiary/aromatic N) is 1. The molecule has 0 aromatic carbocycles. The molecule has 2 N–H and O–H groups in total. The van der Waals surface area contributed by atoms with Crippen LogP contribution in [0.2, 0.25) is 0 Å². The number of ether oxygens (including phenoxy) is 1. The highest BCUT2D eigenvalue weighted by atomic mass is 16.5. The fourth-order valence-corrected chi connectivity index (χ4v) is 3.02. The molecule has 4 nitrogen and oxygen atoms in total. The SMILES string of the molecule is CCOC1(c2ncc(CNCC(C)C)[nH]2)CCCCC1. The lowest BCUT2D eigenvalue weighted by atomic mass is 9.84. The molecule has 1 aromatic heterocycles. The molecule has 0 spiro atoms. The Kier molecular flexibility index (Phi) is 5.61. The first-order chi connectivity index (χ1) is 9.66. The molecule has 1 aliphatic carbocycles. The van der Waals surface area contributed by atoms with Crippen molar-refractivity contribution in [2.75, 3.05) is 13.2 Å². The van der Waals surface area contributed by atoms with Gasteiger partial charge < -0.3 is 15.0 Å². The van der Waals surface area contributed by atoms with Crippen LogP contribution >= 0.6 is 0 Å². The maximum absolute atomic E-state index is 6.10. The maximum atomic E-state index is 6.10. The minimum atomic E-state index is -0.163. The van der Waals surface area contributed by atoms with E-state index in [1.807, 2.05) is 6.20 Å². The molecule has 0 atom stereocenters. The molecule has 0 aliphatic heterocycles. The van der Waals surface area contributed by atoms with E-state index in [9.17, 15) is 0 Å². The molecule has 0 amide bonds. The quantitative estimate of drug-likeness (QED) is 0.804. The molecule has 1 fully saturated rings. The molecule has 1 aromatic rings. The lowest BCUT2D eigenvalue weighted by molar-refractivity contribution is -0.0762. The number of aromatic amines is 1. The van der Waals surface area contributed by atoms with Crippen molar-refractivity contribution in [3.05, 3.63) is 17.7 Å². The van der Waals surface area contributed by atoms with Crippen LogP contribution in [0.15, 0.2) is 6.20 Å². The Balaban J connectivity index is 2.01. The van der Waals surface area contributed by atoms with Crippen molar-refractivity contribution in [3.63, 3.8) is 0 Å². The predicted molar refractivity (Wildman–Crippen MR) is 81.5 cm³/mol. The van der Waals surface area contributed by atoms with E-state index in [1.165, 1.54) is 19.3 Å². The summed E-state index contributed by atoms with van der Waals surface area (Å²) in [6.07, 6.45) is 7.93. The van der Waals surface area contributed by atoms with E-state index in [-0.39, 0.29) is 5.60 Å². The van der Waals surface area contributed by atoms with Crippen molar-refractivity contribution in [2.45, 2.75) is 65.0 Å². The van der Waals surface area contributed by atoms with Gasteiger partial charge in [0.2, 0.25) is 0 Å². The Morgan fingerprint density at radius 2 is 2.10 bits per heavy atom. The third kappa shape index (κ3) is 3.83. The van der Waals surface area contributed by atoms with Gasteiger partial charge in [-0.2, -0.15) is 0 Å². The van der Waals surface area contributed by atoms with Gasteiger partial charge in [0.05, 0.1) is 0 Å². The topological polar surface area (TPSA) is 49.9 Å². The zero-order valence-corrected chi connectivity index (χ0v) is 13.2. The van der Waals surface area contributed by atoms with Crippen LogP contribution in [0, 0.1) is 5.92 Å². The summed E-state index contributed by atoms with van der Waals surface area (Å²) in [7, 11) is 0. The number of nitrogens with one attached hydrogen (secondary N) is 2. The van der Waals surface area contributed by atoms with Crippen LogP contribution in [-0.2, 0) is 16.9 Å². The van der Waals surface area contributed by atoms with Crippen LogP contribution in [0.25, 0.3) is 0 Å². The predicted octanol–water partition coefficient (Wildman–Crippen LogP) is 3.35. The van der Waals surface area contributed by atoms with Gasteiger partial charge in [-0.25, -0.2) is 4.98 Å². The van der Waals surface area contributed by atoms with Gasteiger partial charge >= 0.3 is 0 Å². The van der Waals surface area contributed by atoms with E-state index in [0.29, 0.717) is 5.92 Å². The molecule has 0 saturated heterocycles. The normalized spacial score (nSPS) is 18.6. The monoisotopic (exact) mass is 279 g/mol. The van der Waals surface area contributed by atoms with E-state index in [1.54, 1.807) is 0 Å². The Labute approximate surface area is 122 Å². The molecule has 2 rings (SSSR count). The van der Waals surface area contributed by atoms with Crippen LogP contribution in [0.1, 0.15) is 64.4 Å². The van der Waals surface area contributed by atoms with Crippen LogP contribution in [0.3, 0.4) is 0 Å². The van der Waals surface area contributed by atoms with E-state index in [0.717, 1.165) is 44.1 Å². The molecule has 1 saturated carbocycles. The van der Waals surface area contributed by atoms with Gasteiger partial charge in [0, 0.05) is 25.0 Å². The fourth-order valence-electron chi connectivity index (χ4n) is 3.02. The van der Waals surface area contributed by atoms with E-state index >= 15 is 0 Å². The Hall–Kier alpha value is -0.870. The number of H-pyrrole nitrogens is 1. The van der Waals surface area contributed by atoms with Gasteiger partial charge in [-0.3, -0.25) is 0 Å². The smallest absolute Gasteiger partial charge is 0.138 e. The molecule has 0 radical (unpaired) electrons. The average molecular weight is 279 g/mol. The van der Waals surface area contributed by atoms with Gasteiger partial charge in [-0.15, -0.1) is 0 Å². The van der Waals surface area contributed by atoms with Crippen molar-refractivity contribution in [2.24, 2.45) is 5.92 Å². The molecule has 0 bridgehead atoms. The Morgan fingerprint density at radius 1 is 1.35 bits per heavy atom. The summed E-state index contributed by atoms with van der Waals surface area (Å²) >= 11 is 0. The number of imidazole rings is 1. The van der Waals surface area contributed by atoms with Crippen LogP contribution in [0.5, 0.6) is 0 Å². The maximum Gasteiger partial charge on any atom is 0.138 e. The summed E-state index contributed by atoms with van der Waals surface area (Å²) in [6, 6.07) is 0. The highest BCUT2D eigenvalue weighted by Gasteiger charge is 2.37. The molecular formula is C16H29N3O.